The van der Waals surface area contributed by atoms with E-state index in [2.05, 4.69) is 42.2 Å². The van der Waals surface area contributed by atoms with Crippen LogP contribution in [-0.2, 0) is 0 Å². The molecule has 0 aromatic carbocycles. The van der Waals surface area contributed by atoms with Gasteiger partial charge >= 0.3 is 0 Å². The first kappa shape index (κ1) is 13.7. The van der Waals surface area contributed by atoms with Crippen LogP contribution in [0.5, 0.6) is 0 Å². The number of aryl methyl sites for hydroxylation is 2. The lowest BCUT2D eigenvalue weighted by atomic mass is 10.3. The Labute approximate surface area is 126 Å². The van der Waals surface area contributed by atoms with E-state index in [0.717, 1.165) is 19.5 Å². The number of nitrogens with zero attached hydrogens (tertiary/aromatic N) is 1. The van der Waals surface area contributed by atoms with Gasteiger partial charge in [0.15, 0.2) is 0 Å². The molecule has 1 N–H and O–H groups in total. The normalized spacial score (nSPS) is 10.4. The predicted molar refractivity (Wildman–Crippen MR) is 81.4 cm³/mol. The van der Waals surface area contributed by atoms with Gasteiger partial charge in [0.1, 0.15) is 4.60 Å². The van der Waals surface area contributed by atoms with Crippen molar-refractivity contribution in [3.8, 4) is 0 Å². The first-order chi connectivity index (χ1) is 8.47. The second-order valence-electron chi connectivity index (χ2n) is 3.85. The maximum absolute atomic E-state index is 12.0. The van der Waals surface area contributed by atoms with Gasteiger partial charge in [0.2, 0.25) is 0 Å². The number of rotatable bonds is 2. The van der Waals surface area contributed by atoms with E-state index in [1.54, 1.807) is 6.20 Å². The third kappa shape index (κ3) is 2.99. The summed E-state index contributed by atoms with van der Waals surface area (Å²) in [5, 5.41) is 2.83. The quantitative estimate of drug-likeness (QED) is 0.766. The molecule has 18 heavy (non-hydrogen) atoms. The molecule has 6 heteroatoms. The summed E-state index contributed by atoms with van der Waals surface area (Å²) >= 11 is 8.16. The van der Waals surface area contributed by atoms with Crippen molar-refractivity contribution in [1.82, 2.24) is 4.98 Å². The van der Waals surface area contributed by atoms with Crippen LogP contribution < -0.4 is 5.32 Å². The summed E-state index contributed by atoms with van der Waals surface area (Å²) in [6.07, 6.45) is 1.63. The van der Waals surface area contributed by atoms with Gasteiger partial charge in [0.25, 0.3) is 5.91 Å². The van der Waals surface area contributed by atoms with Crippen LogP contribution in [0.4, 0.5) is 5.69 Å². The molecule has 0 radical (unpaired) electrons. The fourth-order valence-corrected chi connectivity index (χ4v) is 3.04. The molecule has 0 bridgehead atoms. The van der Waals surface area contributed by atoms with Gasteiger partial charge in [-0.3, -0.25) is 4.79 Å². The lowest BCUT2D eigenvalue weighted by Gasteiger charge is -2.04. The molecule has 0 saturated heterocycles. The first-order valence-electron chi connectivity index (χ1n) is 5.17. The van der Waals surface area contributed by atoms with E-state index in [4.69, 9.17) is 0 Å². The standard InChI is InChI=1S/C12H10Br2N2OS/c1-6-3-8(5-15-10(6)13)16-12(17)9-4-7(2)11(14)18-9/h3-5H,1-2H3,(H,16,17). The zero-order chi connectivity index (χ0) is 13.3. The maximum Gasteiger partial charge on any atom is 0.265 e. The summed E-state index contributed by atoms with van der Waals surface area (Å²) in [7, 11) is 0. The Morgan fingerprint density at radius 3 is 2.56 bits per heavy atom. The van der Waals surface area contributed by atoms with Crippen LogP contribution in [0.3, 0.4) is 0 Å². The summed E-state index contributed by atoms with van der Waals surface area (Å²) in [5.74, 6) is -0.114. The Morgan fingerprint density at radius 2 is 2.00 bits per heavy atom. The van der Waals surface area contributed by atoms with Gasteiger partial charge < -0.3 is 5.32 Å². The number of halogens is 2. The Balaban J connectivity index is 2.18. The molecule has 0 aliphatic rings. The Kier molecular flexibility index (Phi) is 4.19. The highest BCUT2D eigenvalue weighted by molar-refractivity contribution is 9.11. The average molecular weight is 390 g/mol. The smallest absolute Gasteiger partial charge is 0.265 e. The predicted octanol–water partition coefficient (Wildman–Crippen LogP) is 4.54. The number of anilines is 1. The van der Waals surface area contributed by atoms with E-state index >= 15 is 0 Å². The lowest BCUT2D eigenvalue weighted by Crippen LogP contribution is -2.10. The van der Waals surface area contributed by atoms with Crippen molar-refractivity contribution < 1.29 is 4.79 Å². The van der Waals surface area contributed by atoms with Crippen molar-refractivity contribution in [2.45, 2.75) is 13.8 Å². The van der Waals surface area contributed by atoms with Gasteiger partial charge in [-0.05, 0) is 69.0 Å². The summed E-state index contributed by atoms with van der Waals surface area (Å²) < 4.78 is 1.77. The van der Waals surface area contributed by atoms with Crippen LogP contribution in [-0.4, -0.2) is 10.9 Å². The topological polar surface area (TPSA) is 42.0 Å². The average Bonchev–Trinajstić information content (AvgIpc) is 2.65. The van der Waals surface area contributed by atoms with Crippen molar-refractivity contribution >= 4 is 54.8 Å². The third-order valence-corrected chi connectivity index (χ3v) is 5.32. The van der Waals surface area contributed by atoms with Crippen LogP contribution in [0.15, 0.2) is 26.7 Å². The molecule has 0 fully saturated rings. The lowest BCUT2D eigenvalue weighted by molar-refractivity contribution is 0.103. The Bertz CT molecular complexity index is 591. The van der Waals surface area contributed by atoms with Crippen LogP contribution >= 0.6 is 43.2 Å². The molecular formula is C12H10Br2N2OS. The highest BCUT2D eigenvalue weighted by Gasteiger charge is 2.11. The van der Waals surface area contributed by atoms with Crippen molar-refractivity contribution in [3.63, 3.8) is 0 Å². The molecule has 1 amide bonds. The van der Waals surface area contributed by atoms with Gasteiger partial charge in [-0.25, -0.2) is 4.98 Å². The van der Waals surface area contributed by atoms with Crippen LogP contribution in [0.2, 0.25) is 0 Å². The molecule has 0 aliphatic heterocycles. The zero-order valence-electron chi connectivity index (χ0n) is 9.75. The number of amides is 1. The molecule has 94 valence electrons. The van der Waals surface area contributed by atoms with Crippen LogP contribution in [0, 0.1) is 13.8 Å². The van der Waals surface area contributed by atoms with E-state index in [9.17, 15) is 4.79 Å². The Morgan fingerprint density at radius 1 is 1.28 bits per heavy atom. The summed E-state index contributed by atoms with van der Waals surface area (Å²) in [5.41, 5.74) is 2.74. The summed E-state index contributed by atoms with van der Waals surface area (Å²) in [6, 6.07) is 3.74. The van der Waals surface area contributed by atoms with Crippen LogP contribution in [0.25, 0.3) is 0 Å². The summed E-state index contributed by atoms with van der Waals surface area (Å²) in [4.78, 5) is 16.8. The third-order valence-electron chi connectivity index (χ3n) is 2.35. The maximum atomic E-state index is 12.0. The van der Waals surface area contributed by atoms with Crippen molar-refractivity contribution in [1.29, 1.82) is 0 Å². The number of carbonyl (C=O) groups excluding carboxylic acids is 1. The molecule has 2 heterocycles. The van der Waals surface area contributed by atoms with Crippen LogP contribution in [0.1, 0.15) is 20.8 Å². The molecule has 3 nitrogen and oxygen atoms in total. The number of aromatic nitrogens is 1. The molecule has 0 atom stereocenters. The minimum atomic E-state index is -0.114. The van der Waals surface area contributed by atoms with Gasteiger partial charge in [0, 0.05) is 0 Å². The molecule has 0 unspecified atom stereocenters. The molecule has 2 aromatic heterocycles. The molecular weight excluding hydrogens is 380 g/mol. The van der Waals surface area contributed by atoms with Crippen molar-refractivity contribution in [2.75, 3.05) is 5.32 Å². The number of thiophene rings is 1. The molecule has 2 rings (SSSR count). The largest absolute Gasteiger partial charge is 0.320 e. The number of hydrogen-bond donors (Lipinski definition) is 1. The number of nitrogens with one attached hydrogen (secondary N) is 1. The molecule has 2 aromatic rings. The highest BCUT2D eigenvalue weighted by atomic mass is 79.9. The van der Waals surface area contributed by atoms with E-state index in [1.165, 1.54) is 11.3 Å². The number of carbonyl (C=O) groups is 1. The first-order valence-corrected chi connectivity index (χ1v) is 7.57. The fraction of sp³-hybridized carbons (Fsp3) is 0.167. The van der Waals surface area contributed by atoms with Gasteiger partial charge in [-0.2, -0.15) is 0 Å². The fourth-order valence-electron chi connectivity index (χ4n) is 1.39. The highest BCUT2D eigenvalue weighted by Crippen LogP contribution is 2.28. The molecule has 0 aliphatic carbocycles. The molecule has 0 spiro atoms. The van der Waals surface area contributed by atoms with E-state index in [0.29, 0.717) is 10.6 Å². The zero-order valence-corrected chi connectivity index (χ0v) is 13.7. The van der Waals surface area contributed by atoms with E-state index < -0.39 is 0 Å². The van der Waals surface area contributed by atoms with Gasteiger partial charge in [0.05, 0.1) is 20.5 Å². The van der Waals surface area contributed by atoms with Crippen molar-refractivity contribution in [2.24, 2.45) is 0 Å². The SMILES string of the molecule is Cc1cc(NC(=O)c2cc(C)c(Br)s2)cnc1Br. The summed E-state index contributed by atoms with van der Waals surface area (Å²) in [6.45, 7) is 3.89. The second-order valence-corrected chi connectivity index (χ2v) is 6.97. The Hall–Kier alpha value is -0.720. The van der Waals surface area contributed by atoms with Gasteiger partial charge in [-0.15, -0.1) is 11.3 Å². The number of hydrogen-bond acceptors (Lipinski definition) is 3. The monoisotopic (exact) mass is 388 g/mol. The second kappa shape index (κ2) is 5.50. The minimum absolute atomic E-state index is 0.114. The van der Waals surface area contributed by atoms with E-state index in [-0.39, 0.29) is 5.91 Å². The number of pyridine rings is 1. The van der Waals surface area contributed by atoms with Gasteiger partial charge in [-0.1, -0.05) is 0 Å². The van der Waals surface area contributed by atoms with E-state index in [1.807, 2.05) is 26.0 Å². The van der Waals surface area contributed by atoms with Crippen molar-refractivity contribution in [3.05, 3.63) is 42.7 Å². The minimum Gasteiger partial charge on any atom is -0.320 e. The molecule has 0 saturated carbocycles.